The van der Waals surface area contributed by atoms with E-state index in [0.717, 1.165) is 58.4 Å². The van der Waals surface area contributed by atoms with Crippen LogP contribution in [0.1, 0.15) is 38.3 Å². The Balaban J connectivity index is 1.21. The highest BCUT2D eigenvalue weighted by Gasteiger charge is 2.62. The van der Waals surface area contributed by atoms with E-state index in [2.05, 4.69) is 26.7 Å². The molecule has 5 rings (SSSR count). The van der Waals surface area contributed by atoms with E-state index in [0.29, 0.717) is 31.2 Å². The Morgan fingerprint density at radius 1 is 1.36 bits per heavy atom. The lowest BCUT2D eigenvalue weighted by Gasteiger charge is -2.30. The number of rotatable bonds is 6. The average molecular weight is 389 g/mol. The van der Waals surface area contributed by atoms with Crippen molar-refractivity contribution in [1.82, 2.24) is 19.8 Å². The van der Waals surface area contributed by atoms with Gasteiger partial charge in [-0.2, -0.15) is 0 Å². The van der Waals surface area contributed by atoms with Gasteiger partial charge in [0.25, 0.3) is 0 Å². The minimum atomic E-state index is 0.00973. The van der Waals surface area contributed by atoms with Crippen LogP contribution in [-0.4, -0.2) is 64.9 Å². The van der Waals surface area contributed by atoms with Gasteiger partial charge in [-0.15, -0.1) is 0 Å². The molecule has 1 aromatic heterocycles. The molecule has 28 heavy (non-hydrogen) atoms. The highest BCUT2D eigenvalue weighted by Crippen LogP contribution is 2.54. The van der Waals surface area contributed by atoms with Crippen LogP contribution >= 0.6 is 0 Å². The number of carbonyl (C=O) groups excluding carboxylic acids is 1. The fourth-order valence-corrected chi connectivity index (χ4v) is 6.00. The van der Waals surface area contributed by atoms with Gasteiger partial charge in [-0.3, -0.25) is 9.69 Å². The zero-order valence-electron chi connectivity index (χ0n) is 16.8. The number of nitrogens with one attached hydrogen (secondary N) is 1. The van der Waals surface area contributed by atoms with Crippen molar-refractivity contribution in [3.63, 3.8) is 0 Å². The maximum atomic E-state index is 12.6. The molecule has 0 saturated carbocycles. The Kier molecular flexibility index (Phi) is 4.93. The molecule has 4 saturated heterocycles. The molecule has 4 aliphatic rings. The van der Waals surface area contributed by atoms with Crippen molar-refractivity contribution < 1.29 is 14.3 Å². The number of hydrogen-bond acceptors (Lipinski definition) is 5. The van der Waals surface area contributed by atoms with E-state index in [1.165, 1.54) is 5.69 Å². The second-order valence-electron chi connectivity index (χ2n) is 9.00. The van der Waals surface area contributed by atoms with Crippen molar-refractivity contribution >= 4 is 5.91 Å². The fraction of sp³-hybridized carbons (Fsp3) is 0.810. The summed E-state index contributed by atoms with van der Waals surface area (Å²) in [5, 5.41) is 3.26. The summed E-state index contributed by atoms with van der Waals surface area (Å²) in [5.74, 6) is 1.30. The average Bonchev–Trinajstić information content (AvgIpc) is 3.47. The maximum Gasteiger partial charge on any atom is 0.223 e. The molecule has 1 amide bonds. The van der Waals surface area contributed by atoms with E-state index < -0.39 is 0 Å². The number of fused-ring (bicyclic) bond motifs is 1. The standard InChI is InChI=1S/C21H32N4O3/c1-2-25-14-22-9-16(25)11-24-12-18-17(19-3-6-21(18,13-24)28-19)10-23-20(26)15-4-7-27-8-5-15/h9,14-15,17-19H,2-8,10-13H2,1H3,(H,23,26)/t17-,18+,19+,21+/m0/s1. The van der Waals surface area contributed by atoms with Crippen LogP contribution in [0.3, 0.4) is 0 Å². The molecule has 0 aromatic carbocycles. The number of aromatic nitrogens is 2. The first-order valence-electron chi connectivity index (χ1n) is 10.9. The number of hydrogen-bond donors (Lipinski definition) is 1. The lowest BCUT2D eigenvalue weighted by Crippen LogP contribution is -2.43. The van der Waals surface area contributed by atoms with E-state index in [4.69, 9.17) is 9.47 Å². The van der Waals surface area contributed by atoms with Gasteiger partial charge >= 0.3 is 0 Å². The summed E-state index contributed by atoms with van der Waals surface area (Å²) in [6.45, 7) is 8.29. The van der Waals surface area contributed by atoms with Crippen molar-refractivity contribution in [3.05, 3.63) is 18.2 Å². The first kappa shape index (κ1) is 18.6. The Morgan fingerprint density at radius 3 is 3.04 bits per heavy atom. The quantitative estimate of drug-likeness (QED) is 0.798. The van der Waals surface area contributed by atoms with E-state index in [1.54, 1.807) is 0 Å². The molecule has 4 aliphatic heterocycles. The van der Waals surface area contributed by atoms with Crippen LogP contribution in [0.4, 0.5) is 0 Å². The van der Waals surface area contributed by atoms with Gasteiger partial charge < -0.3 is 19.4 Å². The van der Waals surface area contributed by atoms with Gasteiger partial charge in [0, 0.05) is 69.9 Å². The van der Waals surface area contributed by atoms with Crippen LogP contribution < -0.4 is 5.32 Å². The summed E-state index contributed by atoms with van der Waals surface area (Å²) >= 11 is 0. The van der Waals surface area contributed by atoms with Gasteiger partial charge in [0.1, 0.15) is 0 Å². The maximum absolute atomic E-state index is 12.6. The Bertz CT molecular complexity index is 716. The van der Waals surface area contributed by atoms with Gasteiger partial charge in [-0.05, 0) is 32.6 Å². The lowest BCUT2D eigenvalue weighted by molar-refractivity contribution is -0.128. The van der Waals surface area contributed by atoms with Crippen molar-refractivity contribution in [2.75, 3.05) is 32.8 Å². The number of nitrogens with zero attached hydrogens (tertiary/aromatic N) is 3. The van der Waals surface area contributed by atoms with Crippen molar-refractivity contribution in [2.45, 2.75) is 57.4 Å². The number of amides is 1. The summed E-state index contributed by atoms with van der Waals surface area (Å²) in [6.07, 6.45) is 8.22. The largest absolute Gasteiger partial charge is 0.381 e. The number of ether oxygens (including phenoxy) is 2. The number of carbonyl (C=O) groups is 1. The first-order chi connectivity index (χ1) is 13.7. The van der Waals surface area contributed by atoms with Crippen LogP contribution in [0.15, 0.2) is 12.5 Å². The molecule has 1 N–H and O–H groups in total. The minimum Gasteiger partial charge on any atom is -0.381 e. The van der Waals surface area contributed by atoms with Gasteiger partial charge in [0.05, 0.1) is 23.7 Å². The molecule has 4 fully saturated rings. The molecular weight excluding hydrogens is 356 g/mol. The highest BCUT2D eigenvalue weighted by atomic mass is 16.5. The van der Waals surface area contributed by atoms with Gasteiger partial charge in [-0.1, -0.05) is 0 Å². The Morgan fingerprint density at radius 2 is 2.21 bits per heavy atom. The molecule has 5 heterocycles. The highest BCUT2D eigenvalue weighted by molar-refractivity contribution is 5.78. The summed E-state index contributed by atoms with van der Waals surface area (Å²) in [6, 6.07) is 0. The van der Waals surface area contributed by atoms with Crippen molar-refractivity contribution in [3.8, 4) is 0 Å². The van der Waals surface area contributed by atoms with Gasteiger partial charge in [0.2, 0.25) is 5.91 Å². The molecule has 0 radical (unpaired) electrons. The smallest absolute Gasteiger partial charge is 0.223 e. The summed E-state index contributed by atoms with van der Waals surface area (Å²) in [5.41, 5.74) is 1.29. The second-order valence-corrected chi connectivity index (χ2v) is 9.00. The monoisotopic (exact) mass is 388 g/mol. The Hall–Kier alpha value is -1.44. The molecule has 154 valence electrons. The predicted molar refractivity (Wildman–Crippen MR) is 104 cm³/mol. The molecule has 1 aromatic rings. The number of likely N-dealkylation sites (tertiary alicyclic amines) is 1. The number of imidazole rings is 1. The first-order valence-corrected chi connectivity index (χ1v) is 10.9. The summed E-state index contributed by atoms with van der Waals surface area (Å²) in [4.78, 5) is 19.4. The third-order valence-corrected chi connectivity index (χ3v) is 7.48. The van der Waals surface area contributed by atoms with Crippen LogP contribution in [-0.2, 0) is 27.4 Å². The number of aryl methyl sites for hydroxylation is 1. The van der Waals surface area contributed by atoms with E-state index in [1.807, 2.05) is 12.5 Å². The lowest BCUT2D eigenvalue weighted by atomic mass is 9.73. The predicted octanol–water partition coefficient (Wildman–Crippen LogP) is 1.43. The van der Waals surface area contributed by atoms with Crippen LogP contribution in [0, 0.1) is 17.8 Å². The van der Waals surface area contributed by atoms with Crippen molar-refractivity contribution in [2.24, 2.45) is 17.8 Å². The van der Waals surface area contributed by atoms with Crippen LogP contribution in [0.25, 0.3) is 0 Å². The topological polar surface area (TPSA) is 68.6 Å². The third-order valence-electron chi connectivity index (χ3n) is 7.48. The third kappa shape index (κ3) is 3.17. The van der Waals surface area contributed by atoms with E-state index >= 15 is 0 Å². The van der Waals surface area contributed by atoms with E-state index in [-0.39, 0.29) is 17.4 Å². The summed E-state index contributed by atoms with van der Waals surface area (Å²) in [7, 11) is 0. The van der Waals surface area contributed by atoms with Gasteiger partial charge in [-0.25, -0.2) is 4.98 Å². The minimum absolute atomic E-state index is 0.00973. The molecule has 2 bridgehead atoms. The molecule has 7 nitrogen and oxygen atoms in total. The molecule has 4 atom stereocenters. The van der Waals surface area contributed by atoms with Crippen LogP contribution in [0.5, 0.6) is 0 Å². The molecule has 1 spiro atoms. The van der Waals surface area contributed by atoms with Crippen molar-refractivity contribution in [1.29, 1.82) is 0 Å². The molecule has 0 unspecified atom stereocenters. The molecular formula is C21H32N4O3. The zero-order chi connectivity index (χ0) is 19.1. The Labute approximate surface area is 166 Å². The second kappa shape index (κ2) is 7.43. The SMILES string of the molecule is CCn1cncc1CN1C[C@@H]2[C@H](CNC(=O)C3CCOCC3)[C@H]3CC[C@]2(C1)O3. The van der Waals surface area contributed by atoms with Gasteiger partial charge in [0.15, 0.2) is 0 Å². The zero-order valence-corrected chi connectivity index (χ0v) is 16.8. The normalized spacial score (nSPS) is 35.4. The van der Waals surface area contributed by atoms with E-state index in [9.17, 15) is 4.79 Å². The molecule has 0 aliphatic carbocycles. The molecule has 7 heteroatoms. The fourth-order valence-electron chi connectivity index (χ4n) is 6.00. The van der Waals surface area contributed by atoms with Crippen LogP contribution in [0.2, 0.25) is 0 Å². The summed E-state index contributed by atoms with van der Waals surface area (Å²) < 4.78 is 14.1.